The molecule has 2 rings (SSSR count). The number of nitrogens with one attached hydrogen (secondary N) is 1. The zero-order chi connectivity index (χ0) is 14.6. The molecule has 1 heterocycles. The van der Waals surface area contributed by atoms with Crippen LogP contribution < -0.4 is 5.32 Å². The highest BCUT2D eigenvalue weighted by Crippen LogP contribution is 2.12. The number of aryl methyl sites for hydroxylation is 1. The van der Waals surface area contributed by atoms with E-state index < -0.39 is 15.7 Å². The maximum atomic E-state index is 12.0. The third kappa shape index (κ3) is 3.67. The van der Waals surface area contributed by atoms with Crippen molar-refractivity contribution in [2.24, 2.45) is 0 Å². The first-order chi connectivity index (χ1) is 9.47. The van der Waals surface area contributed by atoms with Crippen molar-refractivity contribution in [2.75, 3.05) is 11.1 Å². The minimum Gasteiger partial charge on any atom is -0.338 e. The van der Waals surface area contributed by atoms with Crippen LogP contribution in [0.25, 0.3) is 0 Å². The molecule has 0 spiro atoms. The minimum atomic E-state index is -3.45. The Labute approximate surface area is 116 Å². The lowest BCUT2D eigenvalue weighted by Gasteiger charge is -2.04. The van der Waals surface area contributed by atoms with Crippen LogP contribution in [0.15, 0.2) is 45.8 Å². The van der Waals surface area contributed by atoms with Gasteiger partial charge < -0.3 is 4.52 Å². The van der Waals surface area contributed by atoms with Gasteiger partial charge in [-0.25, -0.2) is 8.42 Å². The van der Waals surface area contributed by atoms with Crippen LogP contribution in [0.1, 0.15) is 12.1 Å². The zero-order valence-electron chi connectivity index (χ0n) is 10.9. The molecule has 1 aromatic heterocycles. The second-order valence-electron chi connectivity index (χ2n) is 4.26. The fourth-order valence-electron chi connectivity index (χ4n) is 1.60. The molecule has 0 saturated carbocycles. The summed E-state index contributed by atoms with van der Waals surface area (Å²) < 4.78 is 28.8. The number of hydrogen-bond donors (Lipinski definition) is 1. The summed E-state index contributed by atoms with van der Waals surface area (Å²) in [6.45, 7) is 1.72. The number of carbonyl (C=O) groups excluding carboxylic acids is 1. The molecular formula is C13H14N2O4S. The summed E-state index contributed by atoms with van der Waals surface area (Å²) >= 11 is 0. The predicted molar refractivity (Wildman–Crippen MR) is 73.0 cm³/mol. The molecule has 20 heavy (non-hydrogen) atoms. The summed E-state index contributed by atoms with van der Waals surface area (Å²) in [5, 5.41) is 6.07. The fourth-order valence-corrected chi connectivity index (χ4v) is 2.86. The highest BCUT2D eigenvalue weighted by molar-refractivity contribution is 7.91. The predicted octanol–water partition coefficient (Wildman–Crippen LogP) is 1.79. The highest BCUT2D eigenvalue weighted by atomic mass is 32.2. The fraction of sp³-hybridized carbons (Fsp3) is 0.231. The molecule has 2 aromatic rings. The van der Waals surface area contributed by atoms with Crippen LogP contribution >= 0.6 is 0 Å². The van der Waals surface area contributed by atoms with E-state index in [1.165, 1.54) is 12.1 Å². The standard InChI is InChI=1S/C13H14N2O4S/c1-10-9-13(19-15-10)14-12(16)7-8-20(17,18)11-5-3-2-4-6-11/h2-6,9H,7-8H2,1H3,(H,14,16). The third-order valence-corrected chi connectivity index (χ3v) is 4.32. The van der Waals surface area contributed by atoms with Crippen LogP contribution in [0.3, 0.4) is 0 Å². The van der Waals surface area contributed by atoms with Crippen LogP contribution in [-0.2, 0) is 14.6 Å². The molecule has 6 nitrogen and oxygen atoms in total. The van der Waals surface area contributed by atoms with E-state index in [0.29, 0.717) is 5.69 Å². The van der Waals surface area contributed by atoms with Gasteiger partial charge in [-0.1, -0.05) is 23.4 Å². The Kier molecular flexibility index (Phi) is 4.19. The smallest absolute Gasteiger partial charge is 0.231 e. The number of benzene rings is 1. The second kappa shape index (κ2) is 5.87. The molecule has 0 atom stereocenters. The Morgan fingerprint density at radius 2 is 2.00 bits per heavy atom. The van der Waals surface area contributed by atoms with Gasteiger partial charge in [-0.3, -0.25) is 10.1 Å². The number of nitrogens with zero attached hydrogens (tertiary/aromatic N) is 1. The molecule has 0 bridgehead atoms. The van der Waals surface area contributed by atoms with Gasteiger partial charge in [0.25, 0.3) is 0 Å². The van der Waals surface area contributed by atoms with E-state index in [-0.39, 0.29) is 23.0 Å². The van der Waals surface area contributed by atoms with Crippen molar-refractivity contribution in [3.8, 4) is 0 Å². The van der Waals surface area contributed by atoms with Gasteiger partial charge in [-0.2, -0.15) is 0 Å². The van der Waals surface area contributed by atoms with Crippen LogP contribution in [-0.4, -0.2) is 25.2 Å². The number of amides is 1. The lowest BCUT2D eigenvalue weighted by atomic mass is 10.4. The lowest BCUT2D eigenvalue weighted by molar-refractivity contribution is -0.115. The van der Waals surface area contributed by atoms with Crippen molar-refractivity contribution in [1.29, 1.82) is 0 Å². The summed E-state index contributed by atoms with van der Waals surface area (Å²) in [6.07, 6.45) is -0.142. The van der Waals surface area contributed by atoms with Crippen molar-refractivity contribution in [2.45, 2.75) is 18.2 Å². The molecule has 0 aliphatic rings. The first kappa shape index (κ1) is 14.3. The number of carbonyl (C=O) groups is 1. The van der Waals surface area contributed by atoms with Crippen LogP contribution in [0, 0.1) is 6.92 Å². The van der Waals surface area contributed by atoms with E-state index in [1.807, 2.05) is 0 Å². The van der Waals surface area contributed by atoms with Gasteiger partial charge in [-0.15, -0.1) is 0 Å². The molecule has 0 unspecified atom stereocenters. The topological polar surface area (TPSA) is 89.3 Å². The van der Waals surface area contributed by atoms with Crippen molar-refractivity contribution in [1.82, 2.24) is 5.16 Å². The molecule has 1 N–H and O–H groups in total. The molecule has 7 heteroatoms. The Balaban J connectivity index is 1.93. The first-order valence-electron chi connectivity index (χ1n) is 5.98. The van der Waals surface area contributed by atoms with Crippen molar-refractivity contribution in [3.63, 3.8) is 0 Å². The minimum absolute atomic E-state index is 0.142. The molecule has 1 amide bonds. The quantitative estimate of drug-likeness (QED) is 0.908. The molecule has 0 aliphatic carbocycles. The number of rotatable bonds is 5. The Hall–Kier alpha value is -2.15. The van der Waals surface area contributed by atoms with E-state index in [9.17, 15) is 13.2 Å². The van der Waals surface area contributed by atoms with E-state index >= 15 is 0 Å². The van der Waals surface area contributed by atoms with Crippen LogP contribution in [0.5, 0.6) is 0 Å². The maximum absolute atomic E-state index is 12.0. The second-order valence-corrected chi connectivity index (χ2v) is 6.37. The molecular weight excluding hydrogens is 280 g/mol. The number of anilines is 1. The van der Waals surface area contributed by atoms with E-state index in [1.54, 1.807) is 31.2 Å². The molecule has 106 valence electrons. The van der Waals surface area contributed by atoms with E-state index in [2.05, 4.69) is 10.5 Å². The Morgan fingerprint density at radius 1 is 1.30 bits per heavy atom. The number of sulfone groups is 1. The maximum Gasteiger partial charge on any atom is 0.231 e. The molecule has 0 saturated heterocycles. The van der Waals surface area contributed by atoms with Gasteiger partial charge in [0.15, 0.2) is 9.84 Å². The van der Waals surface area contributed by atoms with E-state index in [0.717, 1.165) is 0 Å². The van der Waals surface area contributed by atoms with Crippen molar-refractivity contribution in [3.05, 3.63) is 42.1 Å². The summed E-state index contributed by atoms with van der Waals surface area (Å²) in [5.74, 6) is -0.471. The summed E-state index contributed by atoms with van der Waals surface area (Å²) in [6, 6.07) is 9.59. The van der Waals surface area contributed by atoms with Gasteiger partial charge in [0.05, 0.1) is 16.3 Å². The number of hydrogen-bond acceptors (Lipinski definition) is 5. The Morgan fingerprint density at radius 3 is 2.60 bits per heavy atom. The molecule has 0 aliphatic heterocycles. The summed E-state index contributed by atoms with van der Waals surface area (Å²) in [5.41, 5.74) is 0.636. The van der Waals surface area contributed by atoms with Gasteiger partial charge in [0, 0.05) is 12.5 Å². The monoisotopic (exact) mass is 294 g/mol. The van der Waals surface area contributed by atoms with Gasteiger partial charge in [0.2, 0.25) is 11.8 Å². The third-order valence-electron chi connectivity index (χ3n) is 2.59. The SMILES string of the molecule is Cc1cc(NC(=O)CCS(=O)(=O)c2ccccc2)on1. The molecule has 0 radical (unpaired) electrons. The normalized spacial score (nSPS) is 11.2. The average Bonchev–Trinajstić information content (AvgIpc) is 2.83. The summed E-state index contributed by atoms with van der Waals surface area (Å²) in [4.78, 5) is 11.8. The van der Waals surface area contributed by atoms with Gasteiger partial charge in [-0.05, 0) is 19.1 Å². The zero-order valence-corrected chi connectivity index (χ0v) is 11.7. The van der Waals surface area contributed by atoms with Gasteiger partial charge >= 0.3 is 0 Å². The van der Waals surface area contributed by atoms with Crippen LogP contribution in [0.2, 0.25) is 0 Å². The summed E-state index contributed by atoms with van der Waals surface area (Å²) in [7, 11) is -3.45. The number of aromatic nitrogens is 1. The Bertz CT molecular complexity index is 692. The molecule has 0 fully saturated rings. The van der Waals surface area contributed by atoms with Crippen LogP contribution in [0.4, 0.5) is 5.88 Å². The lowest BCUT2D eigenvalue weighted by Crippen LogP contribution is -2.17. The van der Waals surface area contributed by atoms with Crippen molar-refractivity contribution >= 4 is 21.6 Å². The molecule has 1 aromatic carbocycles. The first-order valence-corrected chi connectivity index (χ1v) is 7.63. The average molecular weight is 294 g/mol. The largest absolute Gasteiger partial charge is 0.338 e. The van der Waals surface area contributed by atoms with E-state index in [4.69, 9.17) is 4.52 Å². The van der Waals surface area contributed by atoms with Gasteiger partial charge in [0.1, 0.15) is 0 Å². The van der Waals surface area contributed by atoms with Crippen molar-refractivity contribution < 1.29 is 17.7 Å². The highest BCUT2D eigenvalue weighted by Gasteiger charge is 2.16.